The van der Waals surface area contributed by atoms with Crippen LogP contribution in [0.1, 0.15) is 12.8 Å². The van der Waals surface area contributed by atoms with Gasteiger partial charge in [0.25, 0.3) is 0 Å². The van der Waals surface area contributed by atoms with Crippen molar-refractivity contribution in [2.45, 2.75) is 18.9 Å². The van der Waals surface area contributed by atoms with E-state index in [1.165, 1.54) is 29.0 Å². The van der Waals surface area contributed by atoms with Gasteiger partial charge in [-0.3, -0.25) is 0 Å². The average Bonchev–Trinajstić information content (AvgIpc) is 2.99. The standard InChI is InChI=1S/C21H22ClFN4O4S.C8H6N2/c1-30-19-11-18-15(10-20(19)31-14-5-7-27(8-6-14)32(2,28)29)21(25-12-24-18)26-13-3-4-17(23)16(22)9-13;1-2-4-8-7(3-1)5-9-6-10-8/h3-4,9-12,14H,5-8H2,1-2H3,(H,24,25,26);1-6H. The minimum atomic E-state index is -3.21. The van der Waals surface area contributed by atoms with Gasteiger partial charge in [-0.15, -0.1) is 0 Å². The van der Waals surface area contributed by atoms with Crippen LogP contribution in [0.15, 0.2) is 73.4 Å². The van der Waals surface area contributed by atoms with Crippen molar-refractivity contribution >= 4 is 54.9 Å². The summed E-state index contributed by atoms with van der Waals surface area (Å²) in [6.45, 7) is 0.807. The SMILES string of the molecule is COc1cc2ncnc(Nc3ccc(F)c(Cl)c3)c2cc1OC1CCN(S(C)(=O)=O)CC1.c1ccc2ncncc2c1. The van der Waals surface area contributed by atoms with E-state index in [9.17, 15) is 12.8 Å². The smallest absolute Gasteiger partial charge is 0.211 e. The van der Waals surface area contributed by atoms with Gasteiger partial charge in [0.2, 0.25) is 10.0 Å². The molecule has 0 spiro atoms. The number of fused-ring (bicyclic) bond motifs is 2. The Hall–Kier alpha value is -4.13. The van der Waals surface area contributed by atoms with Crippen molar-refractivity contribution in [2.24, 2.45) is 0 Å². The predicted molar refractivity (Wildman–Crippen MR) is 160 cm³/mol. The van der Waals surface area contributed by atoms with Crippen LogP contribution in [0.5, 0.6) is 11.5 Å². The predicted octanol–water partition coefficient (Wildman–Crippen LogP) is 5.61. The third-order valence-corrected chi connectivity index (χ3v) is 8.27. The number of sulfonamides is 1. The van der Waals surface area contributed by atoms with Gasteiger partial charge in [0, 0.05) is 41.8 Å². The summed E-state index contributed by atoms with van der Waals surface area (Å²) < 4.78 is 50.1. The molecular weight excluding hydrogens is 583 g/mol. The first-order valence-corrected chi connectivity index (χ1v) is 15.3. The van der Waals surface area contributed by atoms with Crippen LogP contribution in [0, 0.1) is 5.82 Å². The van der Waals surface area contributed by atoms with Crippen molar-refractivity contribution in [3.05, 3.63) is 84.3 Å². The number of nitrogens with zero attached hydrogens (tertiary/aromatic N) is 5. The van der Waals surface area contributed by atoms with Gasteiger partial charge >= 0.3 is 0 Å². The Bertz CT molecular complexity index is 1750. The Kier molecular flexibility index (Phi) is 8.95. The van der Waals surface area contributed by atoms with E-state index in [0.29, 0.717) is 59.8 Å². The van der Waals surface area contributed by atoms with Crippen molar-refractivity contribution in [3.8, 4) is 11.5 Å². The molecule has 6 rings (SSSR count). The second kappa shape index (κ2) is 12.8. The highest BCUT2D eigenvalue weighted by Crippen LogP contribution is 2.36. The number of methoxy groups -OCH3 is 1. The molecule has 0 unspecified atom stereocenters. The highest BCUT2D eigenvalue weighted by molar-refractivity contribution is 7.88. The summed E-state index contributed by atoms with van der Waals surface area (Å²) in [6, 6.07) is 15.8. The van der Waals surface area contributed by atoms with Gasteiger partial charge in [-0.1, -0.05) is 29.8 Å². The monoisotopic (exact) mass is 610 g/mol. The van der Waals surface area contributed by atoms with E-state index >= 15 is 0 Å². The first kappa shape index (κ1) is 29.4. The minimum Gasteiger partial charge on any atom is -0.493 e. The number of benzene rings is 3. The maximum absolute atomic E-state index is 13.5. The maximum Gasteiger partial charge on any atom is 0.211 e. The molecule has 1 N–H and O–H groups in total. The molecule has 3 heterocycles. The maximum atomic E-state index is 13.5. The summed E-state index contributed by atoms with van der Waals surface area (Å²) in [6.07, 6.45) is 6.97. The fourth-order valence-electron chi connectivity index (χ4n) is 4.51. The van der Waals surface area contributed by atoms with Crippen molar-refractivity contribution < 1.29 is 22.3 Å². The first-order valence-electron chi connectivity index (χ1n) is 13.0. The van der Waals surface area contributed by atoms with E-state index in [0.717, 1.165) is 10.9 Å². The zero-order valence-corrected chi connectivity index (χ0v) is 24.4. The van der Waals surface area contributed by atoms with E-state index in [2.05, 4.69) is 25.3 Å². The largest absolute Gasteiger partial charge is 0.493 e. The van der Waals surface area contributed by atoms with Crippen LogP contribution in [-0.2, 0) is 10.0 Å². The summed E-state index contributed by atoms with van der Waals surface area (Å²) in [4.78, 5) is 16.6. The second-order valence-electron chi connectivity index (χ2n) is 9.56. The Labute approximate surface area is 247 Å². The fraction of sp³-hybridized carbons (Fsp3) is 0.241. The van der Waals surface area contributed by atoms with Crippen molar-refractivity contribution in [2.75, 3.05) is 31.8 Å². The summed E-state index contributed by atoms with van der Waals surface area (Å²) in [5.74, 6) is 1.01. The number of piperidine rings is 1. The Morgan fingerprint density at radius 2 is 1.74 bits per heavy atom. The van der Waals surface area contributed by atoms with Gasteiger partial charge in [0.05, 0.1) is 29.4 Å². The van der Waals surface area contributed by atoms with Gasteiger partial charge in [0.1, 0.15) is 30.4 Å². The van der Waals surface area contributed by atoms with Gasteiger partial charge < -0.3 is 14.8 Å². The van der Waals surface area contributed by atoms with E-state index in [1.54, 1.807) is 31.6 Å². The molecule has 2 aromatic heterocycles. The Morgan fingerprint density at radius 1 is 0.976 bits per heavy atom. The molecule has 1 fully saturated rings. The topological polar surface area (TPSA) is 119 Å². The first-order chi connectivity index (χ1) is 20.2. The number of halogens is 2. The molecule has 1 aliphatic heterocycles. The molecule has 1 aliphatic rings. The quantitative estimate of drug-likeness (QED) is 0.262. The van der Waals surface area contributed by atoms with Crippen LogP contribution in [0.3, 0.4) is 0 Å². The molecule has 3 aromatic carbocycles. The molecule has 10 nitrogen and oxygen atoms in total. The van der Waals surface area contributed by atoms with Gasteiger partial charge in [-0.2, -0.15) is 0 Å². The zero-order valence-electron chi connectivity index (χ0n) is 22.9. The summed E-state index contributed by atoms with van der Waals surface area (Å²) >= 11 is 5.88. The van der Waals surface area contributed by atoms with Crippen LogP contribution in [0.25, 0.3) is 21.8 Å². The van der Waals surface area contributed by atoms with Crippen LogP contribution in [0.2, 0.25) is 5.02 Å². The molecule has 0 saturated carbocycles. The van der Waals surface area contributed by atoms with Crippen LogP contribution in [-0.4, -0.2) is 65.2 Å². The number of anilines is 2. The highest BCUT2D eigenvalue weighted by atomic mass is 35.5. The van der Waals surface area contributed by atoms with E-state index in [1.807, 2.05) is 30.5 Å². The highest BCUT2D eigenvalue weighted by Gasteiger charge is 2.27. The molecule has 0 bridgehead atoms. The van der Waals surface area contributed by atoms with Gasteiger partial charge in [-0.05, 0) is 43.2 Å². The number of aromatic nitrogens is 4. The van der Waals surface area contributed by atoms with Crippen LogP contribution < -0.4 is 14.8 Å². The lowest BCUT2D eigenvalue weighted by molar-refractivity contribution is 0.131. The Balaban J connectivity index is 0.000000295. The lowest BCUT2D eigenvalue weighted by atomic mass is 10.1. The normalized spacial score (nSPS) is 14.3. The number of nitrogens with one attached hydrogen (secondary N) is 1. The molecule has 0 radical (unpaired) electrons. The average molecular weight is 611 g/mol. The van der Waals surface area contributed by atoms with Crippen molar-refractivity contribution in [1.29, 1.82) is 0 Å². The molecule has 5 aromatic rings. The molecule has 42 heavy (non-hydrogen) atoms. The molecule has 0 aliphatic carbocycles. The van der Waals surface area contributed by atoms with E-state index in [4.69, 9.17) is 21.1 Å². The summed E-state index contributed by atoms with van der Waals surface area (Å²) in [5, 5.41) is 4.90. The zero-order chi connectivity index (χ0) is 29.7. The van der Waals surface area contributed by atoms with Crippen LogP contribution >= 0.6 is 11.6 Å². The van der Waals surface area contributed by atoms with E-state index in [-0.39, 0.29) is 11.1 Å². The van der Waals surface area contributed by atoms with Crippen molar-refractivity contribution in [3.63, 3.8) is 0 Å². The lowest BCUT2D eigenvalue weighted by Gasteiger charge is -2.30. The molecule has 0 amide bonds. The lowest BCUT2D eigenvalue weighted by Crippen LogP contribution is -2.41. The third-order valence-electron chi connectivity index (χ3n) is 6.68. The number of hydrogen-bond acceptors (Lipinski definition) is 9. The number of rotatable bonds is 6. The third kappa shape index (κ3) is 7.01. The molecule has 1 saturated heterocycles. The minimum absolute atomic E-state index is 0.000473. The Morgan fingerprint density at radius 3 is 2.45 bits per heavy atom. The summed E-state index contributed by atoms with van der Waals surface area (Å²) in [7, 11) is -1.67. The number of hydrogen-bond donors (Lipinski definition) is 1. The molecule has 0 atom stereocenters. The molecule has 218 valence electrons. The van der Waals surface area contributed by atoms with E-state index < -0.39 is 15.8 Å². The van der Waals surface area contributed by atoms with Gasteiger partial charge in [-0.25, -0.2) is 37.0 Å². The summed E-state index contributed by atoms with van der Waals surface area (Å²) in [5.41, 5.74) is 2.20. The number of para-hydroxylation sites is 1. The molecular formula is C29H28ClFN6O4S. The molecule has 13 heteroatoms. The van der Waals surface area contributed by atoms with Crippen LogP contribution in [0.4, 0.5) is 15.9 Å². The van der Waals surface area contributed by atoms with Gasteiger partial charge in [0.15, 0.2) is 11.5 Å². The fourth-order valence-corrected chi connectivity index (χ4v) is 5.57. The van der Waals surface area contributed by atoms with Crippen molar-refractivity contribution in [1.82, 2.24) is 24.2 Å². The second-order valence-corrected chi connectivity index (χ2v) is 11.9. The number of ether oxygens (including phenoxy) is 2.